The van der Waals surface area contributed by atoms with Gasteiger partial charge < -0.3 is 15.4 Å². The van der Waals surface area contributed by atoms with E-state index < -0.39 is 0 Å². The van der Waals surface area contributed by atoms with Crippen molar-refractivity contribution < 1.29 is 4.74 Å². The van der Waals surface area contributed by atoms with Gasteiger partial charge in [-0.25, -0.2) is 0 Å². The first-order chi connectivity index (χ1) is 10.5. The zero-order chi connectivity index (χ0) is 15.9. The lowest BCUT2D eigenvalue weighted by Crippen LogP contribution is -2.31. The number of halogens is 2. The van der Waals surface area contributed by atoms with Crippen LogP contribution in [0.2, 0.25) is 10.0 Å². The Kier molecular flexibility index (Phi) is 6.31. The summed E-state index contributed by atoms with van der Waals surface area (Å²) < 4.78 is 5.61. The second-order valence-electron chi connectivity index (χ2n) is 4.65. The second kappa shape index (κ2) is 8.22. The van der Waals surface area contributed by atoms with Crippen molar-refractivity contribution in [2.24, 2.45) is 0 Å². The SMILES string of the molecule is Cc1ccc(OCCNC(=S)Nc2ccc(Cl)cc2)cc1Cl. The molecule has 0 aliphatic rings. The van der Waals surface area contributed by atoms with Gasteiger partial charge in [-0.05, 0) is 61.1 Å². The maximum absolute atomic E-state index is 6.04. The van der Waals surface area contributed by atoms with Crippen LogP contribution in [0, 0.1) is 6.92 Å². The number of benzene rings is 2. The number of nitrogens with one attached hydrogen (secondary N) is 2. The average molecular weight is 355 g/mol. The molecule has 116 valence electrons. The molecule has 0 bridgehead atoms. The Labute approximate surface area is 145 Å². The number of hydrogen-bond acceptors (Lipinski definition) is 2. The standard InChI is InChI=1S/C16H16Cl2N2OS/c1-11-2-7-14(10-15(11)18)21-9-8-19-16(22)20-13-5-3-12(17)4-6-13/h2-7,10H,8-9H2,1H3,(H2,19,20,22). The van der Waals surface area contributed by atoms with Crippen molar-refractivity contribution in [3.8, 4) is 5.75 Å². The molecule has 0 aliphatic heterocycles. The molecule has 0 heterocycles. The van der Waals surface area contributed by atoms with Crippen molar-refractivity contribution >= 4 is 46.2 Å². The number of ether oxygens (including phenoxy) is 1. The van der Waals surface area contributed by atoms with Gasteiger partial charge in [0.05, 0.1) is 6.54 Å². The van der Waals surface area contributed by atoms with Crippen LogP contribution in [-0.4, -0.2) is 18.3 Å². The molecule has 0 saturated heterocycles. The van der Waals surface area contributed by atoms with Crippen LogP contribution in [-0.2, 0) is 0 Å². The quantitative estimate of drug-likeness (QED) is 0.603. The largest absolute Gasteiger partial charge is 0.492 e. The lowest BCUT2D eigenvalue weighted by molar-refractivity contribution is 0.322. The molecule has 22 heavy (non-hydrogen) atoms. The molecule has 0 aromatic heterocycles. The summed E-state index contributed by atoms with van der Waals surface area (Å²) in [4.78, 5) is 0. The van der Waals surface area contributed by atoms with E-state index in [1.807, 2.05) is 31.2 Å². The van der Waals surface area contributed by atoms with Crippen LogP contribution in [0.25, 0.3) is 0 Å². The third kappa shape index (κ3) is 5.37. The smallest absolute Gasteiger partial charge is 0.170 e. The summed E-state index contributed by atoms with van der Waals surface area (Å²) in [6, 6.07) is 13.0. The van der Waals surface area contributed by atoms with E-state index in [0.717, 1.165) is 17.0 Å². The summed E-state index contributed by atoms with van der Waals surface area (Å²) in [6.07, 6.45) is 0. The van der Waals surface area contributed by atoms with E-state index in [1.165, 1.54) is 0 Å². The molecule has 6 heteroatoms. The van der Waals surface area contributed by atoms with Crippen LogP contribution in [0.5, 0.6) is 5.75 Å². The molecule has 0 amide bonds. The third-order valence-electron chi connectivity index (χ3n) is 2.90. The fraction of sp³-hybridized carbons (Fsp3) is 0.188. The number of aryl methyl sites for hydroxylation is 1. The molecule has 3 nitrogen and oxygen atoms in total. The summed E-state index contributed by atoms with van der Waals surface area (Å²) >= 11 is 17.1. The van der Waals surface area contributed by atoms with Crippen molar-refractivity contribution in [3.63, 3.8) is 0 Å². The summed E-state index contributed by atoms with van der Waals surface area (Å²) in [5, 5.41) is 8.06. The van der Waals surface area contributed by atoms with Gasteiger partial charge in [0, 0.05) is 15.7 Å². The Morgan fingerprint density at radius 2 is 1.86 bits per heavy atom. The Morgan fingerprint density at radius 3 is 2.55 bits per heavy atom. The molecule has 0 unspecified atom stereocenters. The average Bonchev–Trinajstić information content (AvgIpc) is 2.49. The number of anilines is 1. The van der Waals surface area contributed by atoms with E-state index in [1.54, 1.807) is 18.2 Å². The monoisotopic (exact) mass is 354 g/mol. The molecule has 0 atom stereocenters. The normalized spacial score (nSPS) is 10.1. The molecule has 2 aromatic carbocycles. The van der Waals surface area contributed by atoms with Gasteiger partial charge in [-0.15, -0.1) is 0 Å². The topological polar surface area (TPSA) is 33.3 Å². The third-order valence-corrected chi connectivity index (χ3v) is 3.81. The summed E-state index contributed by atoms with van der Waals surface area (Å²) in [5.74, 6) is 0.744. The zero-order valence-corrected chi connectivity index (χ0v) is 14.4. The van der Waals surface area contributed by atoms with Gasteiger partial charge in [0.1, 0.15) is 12.4 Å². The summed E-state index contributed by atoms with van der Waals surface area (Å²) in [7, 11) is 0. The summed E-state index contributed by atoms with van der Waals surface area (Å²) in [6.45, 7) is 3.03. The first-order valence-corrected chi connectivity index (χ1v) is 7.90. The van der Waals surface area contributed by atoms with Crippen molar-refractivity contribution in [1.82, 2.24) is 5.32 Å². The molecule has 0 radical (unpaired) electrons. The van der Waals surface area contributed by atoms with Gasteiger partial charge in [0.2, 0.25) is 0 Å². The van der Waals surface area contributed by atoms with Crippen molar-refractivity contribution in [3.05, 3.63) is 58.1 Å². The highest BCUT2D eigenvalue weighted by atomic mass is 35.5. The molecule has 0 saturated carbocycles. The maximum atomic E-state index is 6.04. The van der Waals surface area contributed by atoms with Gasteiger partial charge in [0.15, 0.2) is 5.11 Å². The van der Waals surface area contributed by atoms with Gasteiger partial charge in [-0.3, -0.25) is 0 Å². The van der Waals surface area contributed by atoms with Crippen LogP contribution in [0.3, 0.4) is 0 Å². The Bertz CT molecular complexity index is 647. The van der Waals surface area contributed by atoms with Gasteiger partial charge in [0.25, 0.3) is 0 Å². The lowest BCUT2D eigenvalue weighted by Gasteiger charge is -2.12. The van der Waals surface area contributed by atoms with Gasteiger partial charge >= 0.3 is 0 Å². The number of hydrogen-bond donors (Lipinski definition) is 2. The Balaban J connectivity index is 1.70. The predicted octanol–water partition coefficient (Wildman–Crippen LogP) is 4.67. The highest BCUT2D eigenvalue weighted by Gasteiger charge is 2.00. The van der Waals surface area contributed by atoms with Crippen LogP contribution in [0.15, 0.2) is 42.5 Å². The van der Waals surface area contributed by atoms with Crippen molar-refractivity contribution in [2.45, 2.75) is 6.92 Å². The zero-order valence-electron chi connectivity index (χ0n) is 12.0. The molecule has 0 spiro atoms. The van der Waals surface area contributed by atoms with Gasteiger partial charge in [-0.2, -0.15) is 0 Å². The number of thiocarbonyl (C=S) groups is 1. The lowest BCUT2D eigenvalue weighted by atomic mass is 10.2. The van der Waals surface area contributed by atoms with Gasteiger partial charge in [-0.1, -0.05) is 29.3 Å². The second-order valence-corrected chi connectivity index (χ2v) is 5.90. The van der Waals surface area contributed by atoms with Crippen molar-refractivity contribution in [2.75, 3.05) is 18.5 Å². The Morgan fingerprint density at radius 1 is 1.14 bits per heavy atom. The van der Waals surface area contributed by atoms with E-state index in [0.29, 0.717) is 28.3 Å². The van der Waals surface area contributed by atoms with Crippen LogP contribution in [0.1, 0.15) is 5.56 Å². The van der Waals surface area contributed by atoms with E-state index in [9.17, 15) is 0 Å². The van der Waals surface area contributed by atoms with E-state index >= 15 is 0 Å². The molecular formula is C16H16Cl2N2OS. The molecular weight excluding hydrogens is 339 g/mol. The maximum Gasteiger partial charge on any atom is 0.170 e. The van der Waals surface area contributed by atoms with Crippen molar-refractivity contribution in [1.29, 1.82) is 0 Å². The van der Waals surface area contributed by atoms with Crippen LogP contribution >= 0.6 is 35.4 Å². The first-order valence-electron chi connectivity index (χ1n) is 6.74. The Hall–Kier alpha value is -1.49. The van der Waals surface area contributed by atoms with E-state index in [2.05, 4.69) is 10.6 Å². The summed E-state index contributed by atoms with van der Waals surface area (Å²) in [5.41, 5.74) is 1.91. The minimum absolute atomic E-state index is 0.488. The fourth-order valence-electron chi connectivity index (χ4n) is 1.71. The predicted molar refractivity (Wildman–Crippen MR) is 97.4 cm³/mol. The molecule has 2 rings (SSSR count). The first kappa shape index (κ1) is 16.9. The molecule has 2 N–H and O–H groups in total. The van der Waals surface area contributed by atoms with Crippen LogP contribution < -0.4 is 15.4 Å². The van der Waals surface area contributed by atoms with Crippen LogP contribution in [0.4, 0.5) is 5.69 Å². The highest BCUT2D eigenvalue weighted by Crippen LogP contribution is 2.21. The number of rotatable bonds is 5. The van der Waals surface area contributed by atoms with E-state index in [4.69, 9.17) is 40.2 Å². The minimum atomic E-state index is 0.488. The highest BCUT2D eigenvalue weighted by molar-refractivity contribution is 7.80. The van der Waals surface area contributed by atoms with E-state index in [-0.39, 0.29) is 0 Å². The molecule has 0 aliphatic carbocycles. The molecule has 0 fully saturated rings. The minimum Gasteiger partial charge on any atom is -0.492 e. The fourth-order valence-corrected chi connectivity index (χ4v) is 2.22. The molecule has 2 aromatic rings.